The number of amides is 1. The van der Waals surface area contributed by atoms with Crippen molar-refractivity contribution in [1.82, 2.24) is 5.32 Å². The Morgan fingerprint density at radius 3 is 2.00 bits per heavy atom. The molecule has 0 bridgehead atoms. The Bertz CT molecular complexity index is 714. The van der Waals surface area contributed by atoms with E-state index in [0.717, 1.165) is 11.1 Å². The molecule has 5 nitrogen and oxygen atoms in total. The molecule has 4 N–H and O–H groups in total. The fourth-order valence-corrected chi connectivity index (χ4v) is 3.08. The van der Waals surface area contributed by atoms with Crippen molar-refractivity contribution in [3.63, 3.8) is 0 Å². The number of nitrogens with two attached hydrogens (primary N) is 1. The molecule has 0 heterocycles. The van der Waals surface area contributed by atoms with Gasteiger partial charge in [-0.1, -0.05) is 60.7 Å². The van der Waals surface area contributed by atoms with Crippen LogP contribution in [0.3, 0.4) is 0 Å². The van der Waals surface area contributed by atoms with E-state index < -0.39 is 23.8 Å². The molecule has 0 aromatic heterocycles. The lowest BCUT2D eigenvalue weighted by Crippen LogP contribution is -2.48. The van der Waals surface area contributed by atoms with Crippen LogP contribution >= 0.6 is 0 Å². The zero-order chi connectivity index (χ0) is 20.6. The van der Waals surface area contributed by atoms with Crippen molar-refractivity contribution in [2.75, 3.05) is 0 Å². The molecule has 0 radical (unpaired) electrons. The molecule has 0 unspecified atom stereocenters. The molecular weight excluding hydrogens is 352 g/mol. The molecule has 1 amide bonds. The average Bonchev–Trinajstić information content (AvgIpc) is 2.61. The standard InChI is InChI=1S/C23H32N2O3/c1-23(2,3)28-22(27)25-20(15-18-12-8-5-9-13-18)21(26)16-19(24)14-17-10-6-4-7-11-17/h4-13,19-21,26H,14-16,24H2,1-3H3,(H,25,27)/t19-,20+,21+/m1/s1. The molecule has 2 aromatic rings. The number of nitrogens with one attached hydrogen (secondary N) is 1. The first-order chi connectivity index (χ1) is 13.2. The zero-order valence-corrected chi connectivity index (χ0v) is 17.0. The second kappa shape index (κ2) is 10.2. The third-order valence-electron chi connectivity index (χ3n) is 4.35. The topological polar surface area (TPSA) is 84.6 Å². The minimum Gasteiger partial charge on any atom is -0.444 e. The van der Waals surface area contributed by atoms with Gasteiger partial charge in [0.25, 0.3) is 0 Å². The Hall–Kier alpha value is -2.37. The second-order valence-corrected chi connectivity index (χ2v) is 8.20. The van der Waals surface area contributed by atoms with Crippen LogP contribution in [0.25, 0.3) is 0 Å². The van der Waals surface area contributed by atoms with E-state index >= 15 is 0 Å². The number of ether oxygens (including phenoxy) is 1. The van der Waals surface area contributed by atoms with Crippen LogP contribution in [0.15, 0.2) is 60.7 Å². The number of aliphatic hydroxyl groups is 1. The van der Waals surface area contributed by atoms with Gasteiger partial charge in [-0.05, 0) is 51.2 Å². The Balaban J connectivity index is 2.02. The van der Waals surface area contributed by atoms with Gasteiger partial charge in [0.05, 0.1) is 12.1 Å². The predicted octanol–water partition coefficient (Wildman–Crippen LogP) is 3.44. The van der Waals surface area contributed by atoms with E-state index in [1.54, 1.807) is 0 Å². The molecule has 2 rings (SSSR count). The molecule has 2 aromatic carbocycles. The van der Waals surface area contributed by atoms with Crippen molar-refractivity contribution in [1.29, 1.82) is 0 Å². The summed E-state index contributed by atoms with van der Waals surface area (Å²) >= 11 is 0. The predicted molar refractivity (Wildman–Crippen MR) is 112 cm³/mol. The summed E-state index contributed by atoms with van der Waals surface area (Å²) in [5.74, 6) is 0. The number of aliphatic hydroxyl groups excluding tert-OH is 1. The summed E-state index contributed by atoms with van der Waals surface area (Å²) in [6.45, 7) is 5.43. The summed E-state index contributed by atoms with van der Waals surface area (Å²) in [5, 5.41) is 13.6. The van der Waals surface area contributed by atoms with Crippen molar-refractivity contribution in [3.05, 3.63) is 71.8 Å². The van der Waals surface area contributed by atoms with Gasteiger partial charge >= 0.3 is 6.09 Å². The van der Waals surface area contributed by atoms with Gasteiger partial charge in [0.1, 0.15) is 5.60 Å². The number of carbonyl (C=O) groups is 1. The lowest BCUT2D eigenvalue weighted by Gasteiger charge is -2.28. The van der Waals surface area contributed by atoms with E-state index in [1.807, 2.05) is 81.4 Å². The van der Waals surface area contributed by atoms with E-state index in [2.05, 4.69) is 5.32 Å². The molecule has 28 heavy (non-hydrogen) atoms. The van der Waals surface area contributed by atoms with Gasteiger partial charge in [-0.25, -0.2) is 4.79 Å². The molecule has 0 aliphatic carbocycles. The van der Waals surface area contributed by atoms with Gasteiger partial charge < -0.3 is 20.9 Å². The molecule has 0 saturated heterocycles. The summed E-state index contributed by atoms with van der Waals surface area (Å²) < 4.78 is 5.36. The molecule has 0 saturated carbocycles. The maximum absolute atomic E-state index is 12.3. The molecule has 0 aliphatic rings. The summed E-state index contributed by atoms with van der Waals surface area (Å²) in [6, 6.07) is 19.0. The first-order valence-corrected chi connectivity index (χ1v) is 9.74. The van der Waals surface area contributed by atoms with Crippen LogP contribution in [-0.4, -0.2) is 35.0 Å². The van der Waals surface area contributed by atoms with Gasteiger partial charge in [0.15, 0.2) is 0 Å². The molecular formula is C23H32N2O3. The van der Waals surface area contributed by atoms with Crippen molar-refractivity contribution >= 4 is 6.09 Å². The fraction of sp³-hybridized carbons (Fsp3) is 0.435. The molecule has 0 aliphatic heterocycles. The lowest BCUT2D eigenvalue weighted by molar-refractivity contribution is 0.0405. The van der Waals surface area contributed by atoms with Gasteiger partial charge in [-0.2, -0.15) is 0 Å². The monoisotopic (exact) mass is 384 g/mol. The van der Waals surface area contributed by atoms with E-state index in [9.17, 15) is 9.90 Å². The van der Waals surface area contributed by atoms with E-state index in [0.29, 0.717) is 19.3 Å². The van der Waals surface area contributed by atoms with Gasteiger partial charge in [0.2, 0.25) is 0 Å². The number of alkyl carbamates (subject to hydrolysis) is 1. The first-order valence-electron chi connectivity index (χ1n) is 9.74. The highest BCUT2D eigenvalue weighted by Gasteiger charge is 2.26. The van der Waals surface area contributed by atoms with Crippen molar-refractivity contribution < 1.29 is 14.6 Å². The number of rotatable bonds is 8. The fourth-order valence-electron chi connectivity index (χ4n) is 3.08. The quantitative estimate of drug-likeness (QED) is 0.651. The first kappa shape index (κ1) is 21.9. The molecule has 5 heteroatoms. The maximum Gasteiger partial charge on any atom is 0.407 e. The number of hydrogen-bond acceptors (Lipinski definition) is 4. The highest BCUT2D eigenvalue weighted by atomic mass is 16.6. The van der Waals surface area contributed by atoms with Crippen LogP contribution in [-0.2, 0) is 17.6 Å². The minimum atomic E-state index is -0.786. The Morgan fingerprint density at radius 1 is 1.00 bits per heavy atom. The third kappa shape index (κ3) is 8.11. The van der Waals surface area contributed by atoms with E-state index in [4.69, 9.17) is 10.5 Å². The summed E-state index contributed by atoms with van der Waals surface area (Å²) in [7, 11) is 0. The van der Waals surface area contributed by atoms with Crippen molar-refractivity contribution in [2.45, 2.75) is 63.8 Å². The van der Waals surface area contributed by atoms with E-state index in [-0.39, 0.29) is 6.04 Å². The normalized spacial score (nSPS) is 14.8. The SMILES string of the molecule is CC(C)(C)OC(=O)N[C@@H](Cc1ccccc1)[C@@H](O)C[C@H](N)Cc1ccccc1. The molecule has 0 fully saturated rings. The summed E-state index contributed by atoms with van der Waals surface area (Å²) in [6.07, 6.45) is 0.222. The van der Waals surface area contributed by atoms with Crippen molar-refractivity contribution in [3.8, 4) is 0 Å². The number of benzene rings is 2. The van der Waals surface area contributed by atoms with Crippen LogP contribution in [0, 0.1) is 0 Å². The maximum atomic E-state index is 12.3. The Labute approximate surface area is 167 Å². The lowest BCUT2D eigenvalue weighted by atomic mass is 9.94. The number of hydrogen-bond donors (Lipinski definition) is 3. The molecule has 0 spiro atoms. The van der Waals surface area contributed by atoms with Gasteiger partial charge in [0, 0.05) is 6.04 Å². The smallest absolute Gasteiger partial charge is 0.407 e. The average molecular weight is 385 g/mol. The van der Waals surface area contributed by atoms with Gasteiger partial charge in [-0.15, -0.1) is 0 Å². The molecule has 152 valence electrons. The highest BCUT2D eigenvalue weighted by Crippen LogP contribution is 2.14. The highest BCUT2D eigenvalue weighted by molar-refractivity contribution is 5.68. The van der Waals surface area contributed by atoms with Crippen LogP contribution in [0.2, 0.25) is 0 Å². The zero-order valence-electron chi connectivity index (χ0n) is 17.0. The van der Waals surface area contributed by atoms with Crippen LogP contribution in [0.1, 0.15) is 38.3 Å². The Morgan fingerprint density at radius 2 is 1.50 bits per heavy atom. The molecule has 3 atom stereocenters. The minimum absolute atomic E-state index is 0.212. The van der Waals surface area contributed by atoms with Crippen LogP contribution in [0.5, 0.6) is 0 Å². The van der Waals surface area contributed by atoms with Crippen LogP contribution in [0.4, 0.5) is 4.79 Å². The third-order valence-corrected chi connectivity index (χ3v) is 4.35. The summed E-state index contributed by atoms with van der Waals surface area (Å²) in [5.41, 5.74) is 7.82. The van der Waals surface area contributed by atoms with Crippen molar-refractivity contribution in [2.24, 2.45) is 5.73 Å². The summed E-state index contributed by atoms with van der Waals surface area (Å²) in [4.78, 5) is 12.3. The number of carbonyl (C=O) groups excluding carboxylic acids is 1. The Kier molecular flexibility index (Phi) is 8.03. The van der Waals surface area contributed by atoms with Crippen LogP contribution < -0.4 is 11.1 Å². The second-order valence-electron chi connectivity index (χ2n) is 8.20. The van der Waals surface area contributed by atoms with Gasteiger partial charge in [-0.3, -0.25) is 0 Å². The van der Waals surface area contributed by atoms with E-state index in [1.165, 1.54) is 0 Å². The largest absolute Gasteiger partial charge is 0.444 e.